The summed E-state index contributed by atoms with van der Waals surface area (Å²) in [6.45, 7) is -0.314. The van der Waals surface area contributed by atoms with E-state index in [4.69, 9.17) is 24.9 Å². The van der Waals surface area contributed by atoms with E-state index in [0.29, 0.717) is 5.56 Å². The molecule has 9 heteroatoms. The van der Waals surface area contributed by atoms with Crippen molar-refractivity contribution in [3.8, 4) is 16.9 Å². The van der Waals surface area contributed by atoms with Crippen LogP contribution in [0.15, 0.2) is 48.5 Å². The maximum absolute atomic E-state index is 12.7. The molecule has 0 aliphatic rings. The van der Waals surface area contributed by atoms with Crippen molar-refractivity contribution in [3.05, 3.63) is 54.1 Å². The van der Waals surface area contributed by atoms with Crippen LogP contribution < -0.4 is 4.74 Å². The third-order valence-corrected chi connectivity index (χ3v) is 2.74. The molecule has 2 rings (SSSR count). The second kappa shape index (κ2) is 9.28. The first-order valence-electron chi connectivity index (χ1n) is 6.80. The largest absolute Gasteiger partial charge is 0.631 e. The van der Waals surface area contributed by atoms with Gasteiger partial charge in [-0.1, -0.05) is 36.4 Å². The maximum atomic E-state index is 12.7. The second-order valence-corrected chi connectivity index (χ2v) is 4.49. The van der Waals surface area contributed by atoms with Crippen LogP contribution in [0.4, 0.5) is 13.2 Å². The number of halogens is 3. The van der Waals surface area contributed by atoms with Gasteiger partial charge in [0.2, 0.25) is 0 Å². The fourth-order valence-corrected chi connectivity index (χ4v) is 1.83. The number of hydrogen-bond acceptors (Lipinski definition) is 5. The molecule has 0 fully saturated rings. The minimum atomic E-state index is -4.42. The Morgan fingerprint density at radius 2 is 1.54 bits per heavy atom. The average molecular weight is 344 g/mol. The summed E-state index contributed by atoms with van der Waals surface area (Å²) in [5.41, 5.74) is 0.548. The summed E-state index contributed by atoms with van der Waals surface area (Å²) in [6.07, 6.45) is -4.42. The van der Waals surface area contributed by atoms with E-state index in [-0.39, 0.29) is 19.0 Å². The Labute approximate surface area is 136 Å². The predicted octanol–water partition coefficient (Wildman–Crippen LogP) is 1.69. The lowest BCUT2D eigenvalue weighted by atomic mass is 10.0. The van der Waals surface area contributed by atoms with Gasteiger partial charge in [-0.15, -0.1) is 0 Å². The molecule has 2 aromatic rings. The Morgan fingerprint density at radius 1 is 0.958 bits per heavy atom. The number of hydrogen-bond donors (Lipinski definition) is 4. The highest BCUT2D eigenvalue weighted by atomic mass is 19.4. The van der Waals surface area contributed by atoms with Gasteiger partial charge in [0.25, 0.3) is 0 Å². The van der Waals surface area contributed by atoms with Crippen LogP contribution in [-0.4, -0.2) is 40.7 Å². The van der Waals surface area contributed by atoms with Gasteiger partial charge in [-0.25, -0.2) is 0 Å². The van der Waals surface area contributed by atoms with Gasteiger partial charge in [-0.3, -0.25) is 0 Å². The first kappa shape index (κ1) is 20.0. The van der Waals surface area contributed by atoms with E-state index in [2.05, 4.69) is 0 Å². The van der Waals surface area contributed by atoms with Gasteiger partial charge in [0.05, 0.1) is 12.2 Å². The molecule has 0 aliphatic heterocycles. The van der Waals surface area contributed by atoms with Crippen LogP contribution >= 0.6 is 0 Å². The van der Waals surface area contributed by atoms with Gasteiger partial charge in [-0.05, 0) is 17.7 Å². The van der Waals surface area contributed by atoms with E-state index >= 15 is 0 Å². The zero-order valence-corrected chi connectivity index (χ0v) is 12.4. The molecule has 0 aliphatic carbocycles. The fraction of sp³-hybridized carbons (Fsp3) is 0.200. The van der Waals surface area contributed by atoms with Gasteiger partial charge in [0.1, 0.15) is 12.4 Å². The van der Waals surface area contributed by atoms with Crippen LogP contribution in [0.2, 0.25) is 0 Å². The highest BCUT2D eigenvalue weighted by Gasteiger charge is 2.31. The van der Waals surface area contributed by atoms with Gasteiger partial charge >= 0.3 is 13.5 Å². The SMILES string of the molecule is OB(O)O.OCCOc1cc(C(F)(F)F)ccc1-c1ccccc1. The van der Waals surface area contributed by atoms with Crippen molar-refractivity contribution in [2.75, 3.05) is 13.2 Å². The molecule has 0 saturated heterocycles. The minimum absolute atomic E-state index is 0.0544. The van der Waals surface area contributed by atoms with Gasteiger partial charge in [0, 0.05) is 5.56 Å². The number of ether oxygens (including phenoxy) is 1. The lowest BCUT2D eigenvalue weighted by molar-refractivity contribution is -0.137. The molecular formula is C15H16BF3O5. The molecule has 0 bridgehead atoms. The summed E-state index contributed by atoms with van der Waals surface area (Å²) in [6, 6.07) is 12.3. The Balaban J connectivity index is 0.000000648. The Bertz CT molecular complexity index is 617. The summed E-state index contributed by atoms with van der Waals surface area (Å²) in [4.78, 5) is 0. The molecule has 0 heterocycles. The first-order chi connectivity index (χ1) is 11.3. The summed E-state index contributed by atoms with van der Waals surface area (Å²) in [7, 11) is -2.17. The van der Waals surface area contributed by atoms with Gasteiger partial charge in [-0.2, -0.15) is 13.2 Å². The van der Waals surface area contributed by atoms with Crippen molar-refractivity contribution in [1.29, 1.82) is 0 Å². The molecule has 0 atom stereocenters. The van der Waals surface area contributed by atoms with Crippen LogP contribution in [-0.2, 0) is 6.18 Å². The third-order valence-electron chi connectivity index (χ3n) is 2.74. The molecule has 0 aromatic heterocycles. The van der Waals surface area contributed by atoms with Gasteiger partial charge < -0.3 is 24.9 Å². The monoisotopic (exact) mass is 344 g/mol. The standard InChI is InChI=1S/C15H13F3O2.BH3O3/c16-15(17,18)12-6-7-13(11-4-2-1-3-5-11)14(10-12)20-9-8-19;2-1(3)4/h1-7,10,19H,8-9H2;2-4H. The molecule has 5 nitrogen and oxygen atoms in total. The summed E-state index contributed by atoms with van der Waals surface area (Å²) >= 11 is 0. The second-order valence-electron chi connectivity index (χ2n) is 4.49. The third kappa shape index (κ3) is 6.59. The molecule has 4 N–H and O–H groups in total. The van der Waals surface area contributed by atoms with Crippen molar-refractivity contribution >= 4 is 7.32 Å². The van der Waals surface area contributed by atoms with Crippen molar-refractivity contribution in [3.63, 3.8) is 0 Å². The molecule has 0 amide bonds. The van der Waals surface area contributed by atoms with E-state index in [1.54, 1.807) is 24.3 Å². The first-order valence-corrected chi connectivity index (χ1v) is 6.80. The quantitative estimate of drug-likeness (QED) is 0.634. The molecular weight excluding hydrogens is 328 g/mol. The Morgan fingerprint density at radius 3 is 2.04 bits per heavy atom. The van der Waals surface area contributed by atoms with Crippen molar-refractivity contribution in [2.45, 2.75) is 6.18 Å². The van der Waals surface area contributed by atoms with Crippen LogP contribution in [0.5, 0.6) is 5.75 Å². The van der Waals surface area contributed by atoms with E-state index in [1.807, 2.05) is 6.07 Å². The molecule has 24 heavy (non-hydrogen) atoms. The van der Waals surface area contributed by atoms with E-state index in [0.717, 1.165) is 17.7 Å². The zero-order chi connectivity index (χ0) is 18.2. The Kier molecular flexibility index (Phi) is 7.73. The summed E-state index contributed by atoms with van der Waals surface area (Å²) < 4.78 is 43.4. The molecule has 2 aromatic carbocycles. The smallest absolute Gasteiger partial charge is 0.491 e. The highest BCUT2D eigenvalue weighted by molar-refractivity contribution is 6.30. The number of aliphatic hydroxyl groups is 1. The number of aliphatic hydroxyl groups excluding tert-OH is 1. The fourth-order valence-electron chi connectivity index (χ4n) is 1.83. The number of benzene rings is 2. The maximum Gasteiger partial charge on any atom is 0.631 e. The lowest BCUT2D eigenvalue weighted by Gasteiger charge is -2.14. The Hall–Kier alpha value is -2.07. The van der Waals surface area contributed by atoms with E-state index in [1.165, 1.54) is 6.07 Å². The van der Waals surface area contributed by atoms with Crippen LogP contribution in [0, 0.1) is 0 Å². The van der Waals surface area contributed by atoms with Crippen molar-refractivity contribution < 1.29 is 38.1 Å². The minimum Gasteiger partial charge on any atom is -0.491 e. The molecule has 130 valence electrons. The summed E-state index contributed by atoms with van der Waals surface area (Å²) in [5.74, 6) is 0.111. The molecule has 0 spiro atoms. The van der Waals surface area contributed by atoms with Crippen LogP contribution in [0.3, 0.4) is 0 Å². The van der Waals surface area contributed by atoms with Crippen molar-refractivity contribution in [2.24, 2.45) is 0 Å². The topological polar surface area (TPSA) is 90.2 Å². The van der Waals surface area contributed by atoms with Gasteiger partial charge in [0.15, 0.2) is 0 Å². The number of alkyl halides is 3. The lowest BCUT2D eigenvalue weighted by Crippen LogP contribution is -2.07. The zero-order valence-electron chi connectivity index (χ0n) is 12.4. The molecule has 0 saturated carbocycles. The van der Waals surface area contributed by atoms with E-state index in [9.17, 15) is 13.2 Å². The number of rotatable bonds is 4. The molecule has 0 radical (unpaired) electrons. The van der Waals surface area contributed by atoms with Crippen LogP contribution in [0.25, 0.3) is 11.1 Å². The normalized spacial score (nSPS) is 10.6. The van der Waals surface area contributed by atoms with Crippen molar-refractivity contribution in [1.82, 2.24) is 0 Å². The van der Waals surface area contributed by atoms with E-state index < -0.39 is 19.1 Å². The average Bonchev–Trinajstić information content (AvgIpc) is 2.52. The highest BCUT2D eigenvalue weighted by Crippen LogP contribution is 2.37. The predicted molar refractivity (Wildman–Crippen MR) is 81.9 cm³/mol. The molecule has 0 unspecified atom stereocenters. The van der Waals surface area contributed by atoms with Crippen LogP contribution in [0.1, 0.15) is 5.56 Å². The summed E-state index contributed by atoms with van der Waals surface area (Å²) in [5, 5.41) is 30.3.